The van der Waals surface area contributed by atoms with Crippen molar-refractivity contribution >= 4 is 17.4 Å². The van der Waals surface area contributed by atoms with Crippen LogP contribution in [0.2, 0.25) is 5.02 Å². The highest BCUT2D eigenvalue weighted by Crippen LogP contribution is 2.28. The van der Waals surface area contributed by atoms with Crippen molar-refractivity contribution in [3.63, 3.8) is 0 Å². The first-order valence-electron chi connectivity index (χ1n) is 5.87. The van der Waals surface area contributed by atoms with Gasteiger partial charge in [0.15, 0.2) is 5.78 Å². The maximum atomic E-state index is 11.3. The molecule has 0 N–H and O–H groups in total. The van der Waals surface area contributed by atoms with Crippen LogP contribution in [-0.2, 0) is 6.54 Å². The monoisotopic (exact) mass is 262 g/mol. The Morgan fingerprint density at radius 1 is 1.44 bits per heavy atom. The molecular formula is C14H15ClN2O. The Kier molecular flexibility index (Phi) is 3.53. The summed E-state index contributed by atoms with van der Waals surface area (Å²) < 4.78 is 1.93. The van der Waals surface area contributed by atoms with Gasteiger partial charge in [-0.25, -0.2) is 0 Å². The molecule has 1 heterocycles. The second kappa shape index (κ2) is 4.94. The van der Waals surface area contributed by atoms with Gasteiger partial charge in [0, 0.05) is 23.4 Å². The van der Waals surface area contributed by atoms with E-state index in [0.717, 1.165) is 23.4 Å². The fourth-order valence-electron chi connectivity index (χ4n) is 2.02. The normalized spacial score (nSPS) is 10.7. The molecule has 18 heavy (non-hydrogen) atoms. The molecule has 2 aromatic rings. The summed E-state index contributed by atoms with van der Waals surface area (Å²) >= 11 is 6.12. The Morgan fingerprint density at radius 2 is 2.17 bits per heavy atom. The minimum absolute atomic E-state index is 0.0208. The van der Waals surface area contributed by atoms with Gasteiger partial charge >= 0.3 is 0 Å². The summed E-state index contributed by atoms with van der Waals surface area (Å²) in [4.78, 5) is 11.3. The van der Waals surface area contributed by atoms with Gasteiger partial charge in [-0.3, -0.25) is 9.48 Å². The maximum absolute atomic E-state index is 11.3. The van der Waals surface area contributed by atoms with Crippen molar-refractivity contribution in [2.75, 3.05) is 0 Å². The molecule has 2 rings (SSSR count). The van der Waals surface area contributed by atoms with Crippen LogP contribution in [0.5, 0.6) is 0 Å². The fourth-order valence-corrected chi connectivity index (χ4v) is 2.33. The number of hydrogen-bond acceptors (Lipinski definition) is 2. The third-order valence-electron chi connectivity index (χ3n) is 3.06. The number of carbonyl (C=O) groups is 1. The van der Waals surface area contributed by atoms with E-state index in [9.17, 15) is 4.79 Å². The number of benzene rings is 1. The van der Waals surface area contributed by atoms with Gasteiger partial charge in [0.25, 0.3) is 0 Å². The molecule has 0 amide bonds. The van der Waals surface area contributed by atoms with Crippen LogP contribution in [0.15, 0.2) is 24.4 Å². The first kappa shape index (κ1) is 12.8. The van der Waals surface area contributed by atoms with Crippen LogP contribution in [0.3, 0.4) is 0 Å². The zero-order valence-corrected chi connectivity index (χ0v) is 11.5. The van der Waals surface area contributed by atoms with Crippen molar-refractivity contribution in [3.05, 3.63) is 40.7 Å². The first-order valence-corrected chi connectivity index (χ1v) is 6.25. The minimum atomic E-state index is -0.0208. The Balaban J connectivity index is 2.49. The highest BCUT2D eigenvalue weighted by atomic mass is 35.5. The minimum Gasteiger partial charge on any atom is -0.294 e. The lowest BCUT2D eigenvalue weighted by molar-refractivity contribution is 0.101. The molecule has 0 spiro atoms. The molecule has 0 fully saturated rings. The lowest BCUT2D eigenvalue weighted by Gasteiger charge is -2.05. The van der Waals surface area contributed by atoms with Gasteiger partial charge in [-0.15, -0.1) is 0 Å². The van der Waals surface area contributed by atoms with Gasteiger partial charge in [-0.2, -0.15) is 5.10 Å². The van der Waals surface area contributed by atoms with E-state index in [1.807, 2.05) is 29.9 Å². The first-order chi connectivity index (χ1) is 8.54. The van der Waals surface area contributed by atoms with Crippen molar-refractivity contribution in [1.82, 2.24) is 9.78 Å². The Morgan fingerprint density at radius 3 is 2.67 bits per heavy atom. The predicted octanol–water partition coefficient (Wildman–Crippen LogP) is 3.73. The molecule has 4 heteroatoms. The average molecular weight is 263 g/mol. The van der Waals surface area contributed by atoms with Gasteiger partial charge in [0.1, 0.15) is 0 Å². The second-order valence-corrected chi connectivity index (χ2v) is 4.62. The average Bonchev–Trinajstić information content (AvgIpc) is 2.69. The molecule has 1 aromatic heterocycles. The fraction of sp³-hybridized carbons (Fsp3) is 0.286. The van der Waals surface area contributed by atoms with Gasteiger partial charge in [0.05, 0.1) is 11.2 Å². The van der Waals surface area contributed by atoms with E-state index < -0.39 is 0 Å². The zero-order valence-electron chi connectivity index (χ0n) is 10.7. The van der Waals surface area contributed by atoms with Crippen molar-refractivity contribution in [3.8, 4) is 11.1 Å². The molecule has 0 bridgehead atoms. The number of aromatic nitrogens is 2. The SMILES string of the molecule is CCn1ncc(-c2ccc(C(C)=O)c(Cl)c2)c1C. The molecule has 0 radical (unpaired) electrons. The number of hydrogen-bond donors (Lipinski definition) is 0. The number of rotatable bonds is 3. The molecule has 0 aliphatic heterocycles. The van der Waals surface area contributed by atoms with Gasteiger partial charge in [-0.1, -0.05) is 17.7 Å². The molecule has 3 nitrogen and oxygen atoms in total. The summed E-state index contributed by atoms with van der Waals surface area (Å²) in [6, 6.07) is 5.50. The standard InChI is InChI=1S/C14H15ClN2O/c1-4-17-9(2)13(8-16-17)11-5-6-12(10(3)18)14(15)7-11/h5-8H,4H2,1-3H3. The lowest BCUT2D eigenvalue weighted by Crippen LogP contribution is -1.98. The van der Waals surface area contributed by atoms with E-state index in [1.165, 1.54) is 6.92 Å². The highest BCUT2D eigenvalue weighted by Gasteiger charge is 2.11. The van der Waals surface area contributed by atoms with Crippen LogP contribution in [0.1, 0.15) is 29.9 Å². The maximum Gasteiger partial charge on any atom is 0.161 e. The van der Waals surface area contributed by atoms with Crippen molar-refractivity contribution in [2.45, 2.75) is 27.3 Å². The third-order valence-corrected chi connectivity index (χ3v) is 3.37. The third kappa shape index (κ3) is 2.18. The number of halogens is 1. The number of Topliss-reactive ketones (excluding diaryl/α,β-unsaturated/α-hetero) is 1. The van der Waals surface area contributed by atoms with Gasteiger partial charge in [0.2, 0.25) is 0 Å². The number of aryl methyl sites for hydroxylation is 1. The Labute approximate surface area is 111 Å². The molecule has 0 aliphatic carbocycles. The van der Waals surface area contributed by atoms with Crippen molar-refractivity contribution < 1.29 is 4.79 Å². The van der Waals surface area contributed by atoms with Crippen LogP contribution in [-0.4, -0.2) is 15.6 Å². The summed E-state index contributed by atoms with van der Waals surface area (Å²) in [5.74, 6) is -0.0208. The van der Waals surface area contributed by atoms with Crippen LogP contribution >= 0.6 is 11.6 Å². The number of nitrogens with zero attached hydrogens (tertiary/aromatic N) is 2. The van der Waals surface area contributed by atoms with Crippen LogP contribution < -0.4 is 0 Å². The van der Waals surface area contributed by atoms with Crippen LogP contribution in [0.4, 0.5) is 0 Å². The quantitative estimate of drug-likeness (QED) is 0.790. The molecule has 0 saturated carbocycles. The number of ketones is 1. The topological polar surface area (TPSA) is 34.9 Å². The molecule has 0 atom stereocenters. The van der Waals surface area contributed by atoms with Gasteiger partial charge in [-0.05, 0) is 38.5 Å². The van der Waals surface area contributed by atoms with E-state index >= 15 is 0 Å². The summed E-state index contributed by atoms with van der Waals surface area (Å²) in [6.07, 6.45) is 1.83. The molecule has 1 aromatic carbocycles. The summed E-state index contributed by atoms with van der Waals surface area (Å²) in [6.45, 7) is 6.43. The second-order valence-electron chi connectivity index (χ2n) is 4.21. The molecule has 0 unspecified atom stereocenters. The lowest BCUT2D eigenvalue weighted by atomic mass is 10.0. The molecule has 0 aliphatic rings. The Hall–Kier alpha value is -1.61. The summed E-state index contributed by atoms with van der Waals surface area (Å²) in [7, 11) is 0. The molecular weight excluding hydrogens is 248 g/mol. The predicted molar refractivity (Wildman–Crippen MR) is 73.1 cm³/mol. The Bertz CT molecular complexity index is 602. The zero-order chi connectivity index (χ0) is 13.3. The van der Waals surface area contributed by atoms with E-state index in [0.29, 0.717) is 10.6 Å². The van der Waals surface area contributed by atoms with Crippen LogP contribution in [0.25, 0.3) is 11.1 Å². The van der Waals surface area contributed by atoms with E-state index in [2.05, 4.69) is 12.0 Å². The van der Waals surface area contributed by atoms with E-state index in [-0.39, 0.29) is 5.78 Å². The molecule has 94 valence electrons. The largest absolute Gasteiger partial charge is 0.294 e. The summed E-state index contributed by atoms with van der Waals surface area (Å²) in [5.41, 5.74) is 3.70. The number of carbonyl (C=O) groups excluding carboxylic acids is 1. The summed E-state index contributed by atoms with van der Waals surface area (Å²) in [5, 5.41) is 4.79. The van der Waals surface area contributed by atoms with E-state index in [4.69, 9.17) is 11.6 Å². The van der Waals surface area contributed by atoms with Gasteiger partial charge < -0.3 is 0 Å². The highest BCUT2D eigenvalue weighted by molar-refractivity contribution is 6.34. The van der Waals surface area contributed by atoms with Crippen molar-refractivity contribution in [2.24, 2.45) is 0 Å². The van der Waals surface area contributed by atoms with Crippen LogP contribution in [0, 0.1) is 6.92 Å². The van der Waals surface area contributed by atoms with Crippen molar-refractivity contribution in [1.29, 1.82) is 0 Å². The smallest absolute Gasteiger partial charge is 0.161 e. The molecule has 0 saturated heterocycles. The van der Waals surface area contributed by atoms with E-state index in [1.54, 1.807) is 6.07 Å².